The first-order valence-electron chi connectivity index (χ1n) is 8.06. The van der Waals surface area contributed by atoms with Gasteiger partial charge in [-0.05, 0) is 47.7 Å². The summed E-state index contributed by atoms with van der Waals surface area (Å²) in [5.74, 6) is -0.343. The highest BCUT2D eigenvalue weighted by Crippen LogP contribution is 2.34. The second-order valence-corrected chi connectivity index (χ2v) is 7.74. The van der Waals surface area contributed by atoms with E-state index >= 15 is 0 Å². The highest BCUT2D eigenvalue weighted by Gasteiger charge is 2.35. The maximum absolute atomic E-state index is 12.7. The number of rotatable bonds is 3. The molecule has 134 valence electrons. The molecule has 1 fully saturated rings. The molecule has 0 aliphatic carbocycles. The lowest BCUT2D eigenvalue weighted by atomic mass is 10.1. The molecule has 1 saturated heterocycles. The minimum atomic E-state index is -0.343. The van der Waals surface area contributed by atoms with Gasteiger partial charge < -0.3 is 0 Å². The van der Waals surface area contributed by atoms with Gasteiger partial charge in [-0.15, -0.1) is 0 Å². The molecule has 2 amide bonds. The molecule has 0 bridgehead atoms. The number of nitrogens with zero attached hydrogens (tertiary/aromatic N) is 2. The van der Waals surface area contributed by atoms with Crippen molar-refractivity contribution >= 4 is 63.1 Å². The Labute approximate surface area is 169 Å². The van der Waals surface area contributed by atoms with Gasteiger partial charge in [0.15, 0.2) is 0 Å². The number of para-hydroxylation sites is 1. The number of imide groups is 1. The Hall–Kier alpha value is -2.34. The Kier molecular flexibility index (Phi) is 4.91. The molecule has 0 unspecified atom stereocenters. The molecule has 3 aromatic rings. The summed E-state index contributed by atoms with van der Waals surface area (Å²) in [6.45, 7) is 0.0826. The largest absolute Gasteiger partial charge is 0.293 e. The maximum atomic E-state index is 12.7. The van der Waals surface area contributed by atoms with Crippen LogP contribution < -0.4 is 0 Å². The van der Waals surface area contributed by atoms with Crippen LogP contribution in [0.4, 0.5) is 4.79 Å². The van der Waals surface area contributed by atoms with E-state index in [1.807, 2.05) is 30.3 Å². The lowest BCUT2D eigenvalue weighted by molar-refractivity contribution is -0.123. The molecule has 0 radical (unpaired) electrons. The summed E-state index contributed by atoms with van der Waals surface area (Å²) in [5.41, 5.74) is 2.20. The summed E-state index contributed by atoms with van der Waals surface area (Å²) in [4.78, 5) is 31.0. The third kappa shape index (κ3) is 3.72. The Morgan fingerprint density at radius 1 is 1.04 bits per heavy atom. The summed E-state index contributed by atoms with van der Waals surface area (Å²) in [6, 6.07) is 16.5. The minimum absolute atomic E-state index is 0.0826. The van der Waals surface area contributed by atoms with Gasteiger partial charge in [0, 0.05) is 16.0 Å². The summed E-state index contributed by atoms with van der Waals surface area (Å²) in [6.07, 6.45) is 1.68. The predicted octanol–water partition coefficient (Wildman–Crippen LogP) is 5.78. The first kappa shape index (κ1) is 18.0. The quantitative estimate of drug-likeness (QED) is 0.402. The number of amides is 2. The molecule has 0 N–H and O–H groups in total. The van der Waals surface area contributed by atoms with E-state index in [0.29, 0.717) is 15.5 Å². The van der Waals surface area contributed by atoms with Crippen LogP contribution in [0.5, 0.6) is 0 Å². The van der Waals surface area contributed by atoms with Crippen molar-refractivity contribution in [3.8, 4) is 0 Å². The fraction of sp³-hybridized carbons (Fsp3) is 0.0500. The fourth-order valence-corrected chi connectivity index (χ4v) is 3.93. The molecule has 1 aliphatic heterocycles. The molecule has 4 nitrogen and oxygen atoms in total. The van der Waals surface area contributed by atoms with Crippen molar-refractivity contribution < 1.29 is 9.59 Å². The summed E-state index contributed by atoms with van der Waals surface area (Å²) >= 11 is 13.1. The number of benzene rings is 2. The third-order valence-electron chi connectivity index (χ3n) is 4.12. The summed E-state index contributed by atoms with van der Waals surface area (Å²) in [7, 11) is 0. The molecule has 4 rings (SSSR count). The first-order valence-corrected chi connectivity index (χ1v) is 9.63. The van der Waals surface area contributed by atoms with E-state index in [9.17, 15) is 9.59 Å². The van der Waals surface area contributed by atoms with Gasteiger partial charge >= 0.3 is 0 Å². The van der Waals surface area contributed by atoms with Crippen molar-refractivity contribution in [3.05, 3.63) is 80.8 Å². The van der Waals surface area contributed by atoms with Crippen molar-refractivity contribution in [1.82, 2.24) is 9.88 Å². The molecule has 27 heavy (non-hydrogen) atoms. The number of hydrogen-bond acceptors (Lipinski definition) is 4. The van der Waals surface area contributed by atoms with Crippen molar-refractivity contribution in [2.24, 2.45) is 0 Å². The number of fused-ring (bicyclic) bond motifs is 1. The Balaban J connectivity index is 1.61. The Morgan fingerprint density at radius 2 is 1.78 bits per heavy atom. The van der Waals surface area contributed by atoms with Crippen molar-refractivity contribution in [3.63, 3.8) is 0 Å². The maximum Gasteiger partial charge on any atom is 0.293 e. The van der Waals surface area contributed by atoms with E-state index in [4.69, 9.17) is 23.2 Å². The molecule has 0 atom stereocenters. The van der Waals surface area contributed by atoms with Gasteiger partial charge in [0.1, 0.15) is 5.15 Å². The molecule has 0 spiro atoms. The lowest BCUT2D eigenvalue weighted by Gasteiger charge is -2.14. The van der Waals surface area contributed by atoms with E-state index in [0.717, 1.165) is 28.2 Å². The number of halogens is 2. The molecular weight excluding hydrogens is 403 g/mol. The van der Waals surface area contributed by atoms with Crippen LogP contribution in [0.1, 0.15) is 11.1 Å². The predicted molar refractivity (Wildman–Crippen MR) is 110 cm³/mol. The van der Waals surface area contributed by atoms with E-state index < -0.39 is 0 Å². The number of hydrogen-bond donors (Lipinski definition) is 0. The van der Waals surface area contributed by atoms with Gasteiger partial charge in [0.05, 0.1) is 17.0 Å². The summed E-state index contributed by atoms with van der Waals surface area (Å²) < 4.78 is 0. The average Bonchev–Trinajstić information content (AvgIpc) is 2.91. The van der Waals surface area contributed by atoms with Gasteiger partial charge in [0.25, 0.3) is 11.1 Å². The second kappa shape index (κ2) is 7.35. The topological polar surface area (TPSA) is 50.3 Å². The van der Waals surface area contributed by atoms with Crippen LogP contribution in [0.25, 0.3) is 17.0 Å². The SMILES string of the molecule is O=C1S/C(=C\c2ccc(Cl)cc2)C(=O)N1Cc1cc2ccccc2nc1Cl. The van der Waals surface area contributed by atoms with Crippen molar-refractivity contribution in [2.45, 2.75) is 6.54 Å². The number of aromatic nitrogens is 1. The average molecular weight is 415 g/mol. The van der Waals surface area contributed by atoms with Crippen LogP contribution >= 0.6 is 35.0 Å². The number of carbonyl (C=O) groups excluding carboxylic acids is 2. The van der Waals surface area contributed by atoms with Gasteiger partial charge in [-0.1, -0.05) is 53.5 Å². The van der Waals surface area contributed by atoms with Crippen molar-refractivity contribution in [1.29, 1.82) is 0 Å². The van der Waals surface area contributed by atoms with E-state index in [1.54, 1.807) is 30.3 Å². The number of carbonyl (C=O) groups is 2. The van der Waals surface area contributed by atoms with Crippen molar-refractivity contribution in [2.75, 3.05) is 0 Å². The first-order chi connectivity index (χ1) is 13.0. The van der Waals surface area contributed by atoms with Crippen LogP contribution in [-0.2, 0) is 11.3 Å². The zero-order chi connectivity index (χ0) is 19.0. The molecular formula is C20H12Cl2N2O2S. The van der Waals surface area contributed by atoms with E-state index in [-0.39, 0.29) is 22.8 Å². The number of pyridine rings is 1. The van der Waals surface area contributed by atoms with Crippen LogP contribution in [0.2, 0.25) is 10.2 Å². The van der Waals surface area contributed by atoms with Gasteiger partial charge in [-0.3, -0.25) is 14.5 Å². The van der Waals surface area contributed by atoms with Gasteiger partial charge in [0.2, 0.25) is 0 Å². The van der Waals surface area contributed by atoms with Crippen LogP contribution in [0, 0.1) is 0 Å². The molecule has 2 aromatic carbocycles. The zero-order valence-electron chi connectivity index (χ0n) is 13.9. The third-order valence-corrected chi connectivity index (χ3v) is 5.61. The highest BCUT2D eigenvalue weighted by atomic mass is 35.5. The van der Waals surface area contributed by atoms with Crippen LogP contribution in [-0.4, -0.2) is 21.0 Å². The minimum Gasteiger partial charge on any atom is -0.268 e. The molecule has 0 saturated carbocycles. The molecule has 1 aliphatic rings. The standard InChI is InChI=1S/C20H12Cl2N2O2S/c21-15-7-5-12(6-8-15)9-17-19(25)24(20(26)27-17)11-14-10-13-3-1-2-4-16(13)23-18(14)22/h1-10H,11H2/b17-9-. The number of thioether (sulfide) groups is 1. The Bertz CT molecular complexity index is 1100. The van der Waals surface area contributed by atoms with Crippen LogP contribution in [0.15, 0.2) is 59.5 Å². The van der Waals surface area contributed by atoms with Gasteiger partial charge in [-0.2, -0.15) is 0 Å². The lowest BCUT2D eigenvalue weighted by Crippen LogP contribution is -2.27. The zero-order valence-corrected chi connectivity index (χ0v) is 16.2. The van der Waals surface area contributed by atoms with E-state index in [1.165, 1.54) is 4.90 Å². The molecule has 1 aromatic heterocycles. The summed E-state index contributed by atoms with van der Waals surface area (Å²) in [5, 5.41) is 1.47. The van der Waals surface area contributed by atoms with Gasteiger partial charge in [-0.25, -0.2) is 4.98 Å². The highest BCUT2D eigenvalue weighted by molar-refractivity contribution is 8.18. The van der Waals surface area contributed by atoms with E-state index in [2.05, 4.69) is 4.98 Å². The fourth-order valence-electron chi connectivity index (χ4n) is 2.76. The Morgan fingerprint density at radius 3 is 2.56 bits per heavy atom. The molecule has 7 heteroatoms. The smallest absolute Gasteiger partial charge is 0.268 e. The molecule has 2 heterocycles. The monoisotopic (exact) mass is 414 g/mol. The normalized spacial score (nSPS) is 15.9. The second-order valence-electron chi connectivity index (χ2n) is 5.95. The van der Waals surface area contributed by atoms with Crippen LogP contribution in [0.3, 0.4) is 0 Å².